The summed E-state index contributed by atoms with van der Waals surface area (Å²) in [6.07, 6.45) is 1.43. The van der Waals surface area contributed by atoms with Crippen molar-refractivity contribution in [2.75, 3.05) is 102 Å². The second kappa shape index (κ2) is 21.9. The summed E-state index contributed by atoms with van der Waals surface area (Å²) in [5.41, 5.74) is -1.32. The second-order valence-electron chi connectivity index (χ2n) is 18.7. The van der Waals surface area contributed by atoms with Crippen LogP contribution < -0.4 is 14.9 Å². The summed E-state index contributed by atoms with van der Waals surface area (Å²) in [7, 11) is -8.78. The topological polar surface area (TPSA) is 126 Å². The molecule has 1 amide bonds. The largest absolute Gasteiger partial charge is 0.501 e. The van der Waals surface area contributed by atoms with Crippen molar-refractivity contribution in [1.29, 1.82) is 0 Å². The summed E-state index contributed by atoms with van der Waals surface area (Å²) in [6.45, 7) is 16.2. The Kier molecular flexibility index (Phi) is 16.6. The van der Waals surface area contributed by atoms with Gasteiger partial charge in [-0.2, -0.15) is 13.2 Å². The number of hydrogen-bond acceptors (Lipinski definition) is 12. The van der Waals surface area contributed by atoms with Crippen LogP contribution in [0.2, 0.25) is 5.02 Å². The fraction of sp³-hybridized carbons (Fsp3) is 0.449. The van der Waals surface area contributed by atoms with E-state index < -0.39 is 47.1 Å². The molecule has 1 atom stereocenters. The summed E-state index contributed by atoms with van der Waals surface area (Å²) in [4.78, 5) is 23.9. The number of sulfone groups is 1. The minimum Gasteiger partial charge on any atom is -0.380 e. The Labute approximate surface area is 408 Å². The number of hydrogen-bond donors (Lipinski definition) is 2. The molecule has 2 N–H and O–H groups in total. The number of thioether (sulfide) groups is 1. The van der Waals surface area contributed by atoms with E-state index in [2.05, 4.69) is 69.8 Å². The third kappa shape index (κ3) is 13.2. The van der Waals surface area contributed by atoms with Gasteiger partial charge in [-0.05, 0) is 124 Å². The van der Waals surface area contributed by atoms with E-state index in [0.717, 1.165) is 101 Å². The van der Waals surface area contributed by atoms with Crippen LogP contribution in [-0.4, -0.2) is 151 Å². The van der Waals surface area contributed by atoms with Crippen molar-refractivity contribution in [2.24, 2.45) is 0 Å². The van der Waals surface area contributed by atoms with Crippen molar-refractivity contribution in [3.63, 3.8) is 0 Å². The monoisotopic (exact) mass is 1020 g/mol. The number of carbonyl (C=O) groups is 1. The van der Waals surface area contributed by atoms with Crippen LogP contribution in [0.25, 0.3) is 5.57 Å². The first-order chi connectivity index (χ1) is 32.2. The normalized spacial score (nSPS) is 18.1. The third-order valence-electron chi connectivity index (χ3n) is 12.9. The Hall–Kier alpha value is -4.14. The van der Waals surface area contributed by atoms with Gasteiger partial charge < -0.3 is 20.0 Å². The van der Waals surface area contributed by atoms with E-state index in [1.54, 1.807) is 12.1 Å². The molecule has 0 aliphatic carbocycles. The van der Waals surface area contributed by atoms with Gasteiger partial charge in [0.2, 0.25) is 0 Å². The van der Waals surface area contributed by atoms with E-state index in [1.807, 2.05) is 47.2 Å². The number of benzene rings is 4. The van der Waals surface area contributed by atoms with Crippen LogP contribution in [0.1, 0.15) is 49.5 Å². The van der Waals surface area contributed by atoms with E-state index >= 15 is 0 Å². The van der Waals surface area contributed by atoms with Crippen LogP contribution >= 0.6 is 23.4 Å². The van der Waals surface area contributed by atoms with E-state index in [9.17, 15) is 34.8 Å². The number of rotatable bonds is 16. The zero-order valence-electron chi connectivity index (χ0n) is 38.9. The molecule has 0 radical (unpaired) electrons. The summed E-state index contributed by atoms with van der Waals surface area (Å²) in [5.74, 6) is -0.640. The van der Waals surface area contributed by atoms with Crippen molar-refractivity contribution >= 4 is 66.1 Å². The Morgan fingerprint density at radius 3 is 2.07 bits per heavy atom. The van der Waals surface area contributed by atoms with Gasteiger partial charge in [0.1, 0.15) is 4.90 Å². The van der Waals surface area contributed by atoms with E-state index in [-0.39, 0.29) is 16.8 Å². The van der Waals surface area contributed by atoms with Crippen LogP contribution in [-0.2, 0) is 19.9 Å². The summed E-state index contributed by atoms with van der Waals surface area (Å²) in [6, 6.07) is 25.9. The maximum atomic E-state index is 14.3. The summed E-state index contributed by atoms with van der Waals surface area (Å²) < 4.78 is 98.4. The number of amides is 1. The second-order valence-corrected chi connectivity index (χ2v) is 23.8. The quantitative estimate of drug-likeness (QED) is 0.106. The average molecular weight is 1020 g/mol. The fourth-order valence-corrected chi connectivity index (χ4v) is 12.0. The molecule has 4 aromatic carbocycles. The summed E-state index contributed by atoms with van der Waals surface area (Å²) >= 11 is 7.64. The zero-order valence-corrected chi connectivity index (χ0v) is 42.1. The number of nitrogens with zero attached hydrogens (tertiary/aromatic N) is 5. The number of likely N-dealkylation sites (N-methyl/N-ethyl adjacent to an activating group) is 1. The number of piperazine rings is 2. The minimum atomic E-state index is -6.06. The lowest BCUT2D eigenvalue weighted by atomic mass is 9.93. The lowest BCUT2D eigenvalue weighted by molar-refractivity contribution is -0.0435. The van der Waals surface area contributed by atoms with Crippen molar-refractivity contribution in [1.82, 2.24) is 24.3 Å². The lowest BCUT2D eigenvalue weighted by Crippen LogP contribution is -2.53. The van der Waals surface area contributed by atoms with Crippen molar-refractivity contribution in [3.05, 3.63) is 119 Å². The van der Waals surface area contributed by atoms with Crippen LogP contribution in [0, 0.1) is 0 Å². The maximum absolute atomic E-state index is 14.3. The highest BCUT2D eigenvalue weighted by atomic mass is 35.5. The van der Waals surface area contributed by atoms with E-state index in [1.165, 1.54) is 40.6 Å². The van der Waals surface area contributed by atoms with Crippen LogP contribution in [0.4, 0.5) is 24.5 Å². The number of nitrogens with one attached hydrogen (secondary N) is 2. The Balaban J connectivity index is 1.02. The first kappa shape index (κ1) is 51.7. The molecule has 19 heteroatoms. The summed E-state index contributed by atoms with van der Waals surface area (Å²) in [5, 5.41) is 3.75. The van der Waals surface area contributed by atoms with Gasteiger partial charge in [-0.25, -0.2) is 21.6 Å². The molecule has 0 spiro atoms. The van der Waals surface area contributed by atoms with Crippen molar-refractivity contribution in [2.45, 2.75) is 65.4 Å². The van der Waals surface area contributed by atoms with Crippen LogP contribution in [0.3, 0.4) is 0 Å². The number of carbonyl (C=O) groups excluding carboxylic acids is 1. The molecule has 7 rings (SSSR count). The van der Waals surface area contributed by atoms with E-state index in [0.29, 0.717) is 29.8 Å². The van der Waals surface area contributed by atoms with Crippen molar-refractivity contribution in [3.8, 4) is 0 Å². The number of halogens is 4. The molecule has 68 heavy (non-hydrogen) atoms. The molecule has 3 aliphatic rings. The predicted octanol–water partition coefficient (Wildman–Crippen LogP) is 8.04. The van der Waals surface area contributed by atoms with Gasteiger partial charge >= 0.3 is 5.51 Å². The fourth-order valence-electron chi connectivity index (χ4n) is 8.87. The van der Waals surface area contributed by atoms with E-state index in [4.69, 9.17) is 11.6 Å². The van der Waals surface area contributed by atoms with Crippen LogP contribution in [0.5, 0.6) is 0 Å². The zero-order chi connectivity index (χ0) is 48.9. The molecule has 2 saturated heterocycles. The van der Waals surface area contributed by atoms with Gasteiger partial charge in [-0.15, -0.1) is 11.8 Å². The van der Waals surface area contributed by atoms with Gasteiger partial charge in [-0.1, -0.05) is 41.9 Å². The number of anilines is 2. The highest BCUT2D eigenvalue weighted by Gasteiger charge is 2.48. The molecular weight excluding hydrogens is 955 g/mol. The highest BCUT2D eigenvalue weighted by Crippen LogP contribution is 2.37. The Bertz CT molecular complexity index is 2620. The first-order valence-electron chi connectivity index (χ1n) is 22.8. The van der Waals surface area contributed by atoms with Gasteiger partial charge in [0.15, 0.2) is 0 Å². The average Bonchev–Trinajstić information content (AvgIpc) is 3.30. The highest BCUT2D eigenvalue weighted by molar-refractivity contribution is 7.99. The first-order valence-corrected chi connectivity index (χ1v) is 27.2. The Morgan fingerprint density at radius 1 is 0.794 bits per heavy atom. The smallest absolute Gasteiger partial charge is 0.380 e. The van der Waals surface area contributed by atoms with Gasteiger partial charge in [0, 0.05) is 117 Å². The number of alkyl halides is 3. The van der Waals surface area contributed by atoms with Crippen molar-refractivity contribution < 1.29 is 34.8 Å². The van der Waals surface area contributed by atoms with Gasteiger partial charge in [0.05, 0.1) is 10.6 Å². The predicted molar refractivity (Wildman–Crippen MR) is 267 cm³/mol. The van der Waals surface area contributed by atoms with Gasteiger partial charge in [-0.3, -0.25) is 14.6 Å². The Morgan fingerprint density at radius 2 is 1.44 bits per heavy atom. The molecule has 0 aromatic heterocycles. The molecular formula is C49H61ClF3N7O5S3. The molecule has 0 bridgehead atoms. The van der Waals surface area contributed by atoms with Gasteiger partial charge in [0.25, 0.3) is 25.8 Å². The molecule has 3 aliphatic heterocycles. The van der Waals surface area contributed by atoms with Crippen LogP contribution in [0.15, 0.2) is 117 Å². The molecule has 3 heterocycles. The molecule has 368 valence electrons. The third-order valence-corrected chi connectivity index (χ3v) is 17.1. The lowest BCUT2D eigenvalue weighted by Gasteiger charge is -2.42. The SMILES string of the molecule is CN1CCC(c2ccc(Cl)cc2)=C(CN2CCN(c3ccc(C(=O)NS(=O)(=O)c4ccc(NC(CCN5CCN(C(C)(C)C)CC5)CSc5ccccc5)c(S(=O)(=O)C(F)(F)F)c4)cc3)CC2)C1. The molecule has 2 fully saturated rings. The molecule has 12 nitrogen and oxygen atoms in total. The standard InChI is InChI=1S/C49H61ClF3N7O5S3/c1-48(2,3)60-30-26-57(27-31-60)23-20-40(35-66-42-8-6-5-7-9-42)54-45-19-18-43(32-46(45)67(62,63)49(51,52)53)68(64,65)55-47(61)37-12-16-41(17-13-37)59-28-24-58(25-29-59)34-38-33-56(4)22-21-44(38)36-10-14-39(50)15-11-36/h5-19,32,40,54H,20-31,33-35H2,1-4H3,(H,55,61). The molecule has 1 unspecified atom stereocenters. The maximum Gasteiger partial charge on any atom is 0.501 e. The number of sulfonamides is 1. The molecule has 0 saturated carbocycles. The molecule has 4 aromatic rings. The minimum absolute atomic E-state index is 0.000883.